The summed E-state index contributed by atoms with van der Waals surface area (Å²) in [6.07, 6.45) is -5.81. The highest BCUT2D eigenvalue weighted by molar-refractivity contribution is 5.76. The van der Waals surface area contributed by atoms with Crippen LogP contribution in [0.3, 0.4) is 0 Å². The first-order valence-corrected chi connectivity index (χ1v) is 13.3. The van der Waals surface area contributed by atoms with E-state index in [1.807, 2.05) is 18.2 Å². The van der Waals surface area contributed by atoms with Crippen LogP contribution in [0, 0.1) is 0 Å². The van der Waals surface area contributed by atoms with E-state index in [1.54, 1.807) is 0 Å². The molecular weight excluding hydrogens is 490 g/mol. The molecule has 1 amide bonds. The average Bonchev–Trinajstić information content (AvgIpc) is 2.93. The highest BCUT2D eigenvalue weighted by atomic mass is 16.5. The predicted molar refractivity (Wildman–Crippen MR) is 142 cm³/mol. The van der Waals surface area contributed by atoms with Crippen molar-refractivity contribution in [3.8, 4) is 11.1 Å². The van der Waals surface area contributed by atoms with Gasteiger partial charge < -0.3 is 40.7 Å². The number of aliphatic hydroxyl groups is 6. The molecule has 0 aliphatic carbocycles. The van der Waals surface area contributed by atoms with Crippen LogP contribution in [0.1, 0.15) is 44.6 Å². The summed E-state index contributed by atoms with van der Waals surface area (Å²) >= 11 is 0. The van der Waals surface area contributed by atoms with Crippen molar-refractivity contribution in [2.24, 2.45) is 0 Å². The largest absolute Gasteiger partial charge is 0.394 e. The SMILES string of the molecule is CC(O)C(O)C(CCC1OC(CO)C(O)C(O)C1O)NC(=O)CCCCc1ccc(-c2ccccc2)cc1. The molecule has 0 aromatic heterocycles. The molecule has 1 aliphatic rings. The van der Waals surface area contributed by atoms with E-state index in [0.29, 0.717) is 6.42 Å². The number of amides is 1. The zero-order valence-electron chi connectivity index (χ0n) is 21.8. The molecule has 0 spiro atoms. The minimum atomic E-state index is -1.49. The Morgan fingerprint density at radius 2 is 1.53 bits per heavy atom. The molecule has 7 N–H and O–H groups in total. The van der Waals surface area contributed by atoms with Gasteiger partial charge in [0.1, 0.15) is 24.4 Å². The van der Waals surface area contributed by atoms with Crippen LogP contribution in [0.2, 0.25) is 0 Å². The topological polar surface area (TPSA) is 160 Å². The van der Waals surface area contributed by atoms with Gasteiger partial charge in [-0.1, -0.05) is 54.6 Å². The summed E-state index contributed by atoms with van der Waals surface area (Å²) in [7, 11) is 0. The van der Waals surface area contributed by atoms with Crippen LogP contribution in [0.5, 0.6) is 0 Å². The number of hydrogen-bond donors (Lipinski definition) is 7. The molecule has 0 radical (unpaired) electrons. The minimum Gasteiger partial charge on any atom is -0.394 e. The quantitative estimate of drug-likeness (QED) is 0.188. The number of benzene rings is 2. The number of carbonyl (C=O) groups is 1. The number of hydrogen-bond acceptors (Lipinski definition) is 8. The van der Waals surface area contributed by atoms with Gasteiger partial charge in [0.2, 0.25) is 5.91 Å². The normalized spacial score (nSPS) is 25.9. The van der Waals surface area contributed by atoms with E-state index in [9.17, 15) is 35.4 Å². The standard InChI is InChI=1S/C29H41NO8/c1-18(32)26(34)22(15-16-23-27(35)29(37)28(36)24(17-31)38-23)30-25(33)10-6-5-7-19-11-13-21(14-12-19)20-8-3-2-4-9-20/h2-4,8-9,11-14,18,22-24,26-29,31-32,34-37H,5-7,10,15-17H2,1H3,(H,30,33). The lowest BCUT2D eigenvalue weighted by molar-refractivity contribution is -0.231. The fraction of sp³-hybridized carbons (Fsp3) is 0.552. The van der Waals surface area contributed by atoms with Crippen molar-refractivity contribution in [2.75, 3.05) is 6.61 Å². The van der Waals surface area contributed by atoms with Crippen molar-refractivity contribution >= 4 is 5.91 Å². The number of ether oxygens (including phenoxy) is 1. The molecule has 0 bridgehead atoms. The van der Waals surface area contributed by atoms with Crippen molar-refractivity contribution in [2.45, 2.75) is 94.2 Å². The Bertz CT molecular complexity index is 968. The van der Waals surface area contributed by atoms with Gasteiger partial charge in [0, 0.05) is 6.42 Å². The second kappa shape index (κ2) is 14.7. The van der Waals surface area contributed by atoms with E-state index in [2.05, 4.69) is 41.7 Å². The highest BCUT2D eigenvalue weighted by Gasteiger charge is 2.43. The molecule has 1 heterocycles. The first kappa shape index (κ1) is 30.2. The molecule has 1 fully saturated rings. The van der Waals surface area contributed by atoms with E-state index >= 15 is 0 Å². The Hall–Kier alpha value is -2.37. The molecule has 8 unspecified atom stereocenters. The highest BCUT2D eigenvalue weighted by Crippen LogP contribution is 2.25. The van der Waals surface area contributed by atoms with Gasteiger partial charge in [-0.25, -0.2) is 0 Å². The maximum Gasteiger partial charge on any atom is 0.220 e. The van der Waals surface area contributed by atoms with E-state index in [1.165, 1.54) is 12.5 Å². The second-order valence-corrected chi connectivity index (χ2v) is 10.1. The fourth-order valence-electron chi connectivity index (χ4n) is 4.81. The maximum absolute atomic E-state index is 12.6. The van der Waals surface area contributed by atoms with Gasteiger partial charge >= 0.3 is 0 Å². The van der Waals surface area contributed by atoms with Crippen LogP contribution < -0.4 is 5.32 Å². The lowest BCUT2D eigenvalue weighted by Gasteiger charge is -2.40. The lowest BCUT2D eigenvalue weighted by Crippen LogP contribution is -2.58. The number of carbonyl (C=O) groups excluding carboxylic acids is 1. The monoisotopic (exact) mass is 531 g/mol. The maximum atomic E-state index is 12.6. The molecule has 3 rings (SSSR count). The predicted octanol–water partition coefficient (Wildman–Crippen LogP) is 0.916. The van der Waals surface area contributed by atoms with Crippen molar-refractivity contribution in [1.82, 2.24) is 5.32 Å². The van der Waals surface area contributed by atoms with E-state index < -0.39 is 55.4 Å². The van der Waals surface area contributed by atoms with Crippen molar-refractivity contribution in [3.63, 3.8) is 0 Å². The van der Waals surface area contributed by atoms with Gasteiger partial charge in [0.25, 0.3) is 0 Å². The molecule has 0 saturated carbocycles. The average molecular weight is 532 g/mol. The molecule has 1 aliphatic heterocycles. The zero-order valence-corrected chi connectivity index (χ0v) is 21.8. The van der Waals surface area contributed by atoms with Crippen molar-refractivity contribution in [1.29, 1.82) is 0 Å². The molecule has 2 aromatic carbocycles. The third-order valence-corrected chi connectivity index (χ3v) is 7.19. The van der Waals surface area contributed by atoms with E-state index in [-0.39, 0.29) is 25.2 Å². The van der Waals surface area contributed by atoms with Crippen LogP contribution in [-0.4, -0.2) is 91.9 Å². The van der Waals surface area contributed by atoms with Crippen LogP contribution in [-0.2, 0) is 16.0 Å². The summed E-state index contributed by atoms with van der Waals surface area (Å²) < 4.78 is 5.51. The zero-order chi connectivity index (χ0) is 27.7. The molecule has 9 nitrogen and oxygen atoms in total. The van der Waals surface area contributed by atoms with Crippen molar-refractivity contribution in [3.05, 3.63) is 60.2 Å². The fourth-order valence-corrected chi connectivity index (χ4v) is 4.81. The summed E-state index contributed by atoms with van der Waals surface area (Å²) in [5.74, 6) is -0.261. The Morgan fingerprint density at radius 1 is 0.895 bits per heavy atom. The molecule has 8 atom stereocenters. The van der Waals surface area contributed by atoms with Gasteiger partial charge in [-0.05, 0) is 55.7 Å². The number of aliphatic hydroxyl groups excluding tert-OH is 6. The van der Waals surface area contributed by atoms with Gasteiger partial charge in [-0.2, -0.15) is 0 Å². The van der Waals surface area contributed by atoms with Gasteiger partial charge in [-0.3, -0.25) is 4.79 Å². The molecule has 38 heavy (non-hydrogen) atoms. The van der Waals surface area contributed by atoms with Crippen LogP contribution in [0.4, 0.5) is 0 Å². The third-order valence-electron chi connectivity index (χ3n) is 7.19. The van der Waals surface area contributed by atoms with Gasteiger partial charge in [-0.15, -0.1) is 0 Å². The van der Waals surface area contributed by atoms with Crippen molar-refractivity contribution < 1.29 is 40.2 Å². The van der Waals surface area contributed by atoms with Crippen LogP contribution in [0.15, 0.2) is 54.6 Å². The summed E-state index contributed by atoms with van der Waals surface area (Å²) in [4.78, 5) is 12.6. The van der Waals surface area contributed by atoms with Crippen LogP contribution >= 0.6 is 0 Å². The summed E-state index contributed by atoms with van der Waals surface area (Å²) in [6, 6.07) is 17.7. The van der Waals surface area contributed by atoms with Crippen LogP contribution in [0.25, 0.3) is 11.1 Å². The first-order valence-electron chi connectivity index (χ1n) is 13.3. The number of nitrogens with one attached hydrogen (secondary N) is 1. The van der Waals surface area contributed by atoms with Gasteiger partial charge in [0.05, 0.1) is 31.0 Å². The Kier molecular flexibility index (Phi) is 11.7. The van der Waals surface area contributed by atoms with E-state index in [0.717, 1.165) is 24.0 Å². The molecule has 1 saturated heterocycles. The molecule has 210 valence electrons. The first-order chi connectivity index (χ1) is 18.2. The smallest absolute Gasteiger partial charge is 0.220 e. The summed E-state index contributed by atoms with van der Waals surface area (Å²) in [5.41, 5.74) is 3.50. The summed E-state index contributed by atoms with van der Waals surface area (Å²) in [5, 5.41) is 62.7. The minimum absolute atomic E-state index is 0.120. The summed E-state index contributed by atoms with van der Waals surface area (Å²) in [6.45, 7) is 0.885. The van der Waals surface area contributed by atoms with Gasteiger partial charge in [0.15, 0.2) is 0 Å². The second-order valence-electron chi connectivity index (χ2n) is 10.1. The molecule has 9 heteroatoms. The Balaban J connectivity index is 1.46. The molecular formula is C29H41NO8. The number of rotatable bonds is 13. The third kappa shape index (κ3) is 8.31. The Morgan fingerprint density at radius 3 is 2.16 bits per heavy atom. The Labute approximate surface area is 223 Å². The molecule has 2 aromatic rings. The lowest BCUT2D eigenvalue weighted by atomic mass is 9.90. The number of aryl methyl sites for hydroxylation is 1. The van der Waals surface area contributed by atoms with E-state index in [4.69, 9.17) is 4.74 Å². The number of unbranched alkanes of at least 4 members (excludes halogenated alkanes) is 1.